The van der Waals surface area contributed by atoms with Crippen molar-refractivity contribution in [2.75, 3.05) is 20.3 Å². The molecular formula is C30H28ClFN2O5. The van der Waals surface area contributed by atoms with Crippen LogP contribution in [-0.4, -0.2) is 46.3 Å². The van der Waals surface area contributed by atoms with Gasteiger partial charge < -0.3 is 19.7 Å². The van der Waals surface area contributed by atoms with Gasteiger partial charge in [-0.05, 0) is 48.9 Å². The number of aliphatic hydroxyl groups is 2. The lowest BCUT2D eigenvalue weighted by molar-refractivity contribution is -0.0298. The molecule has 2 N–H and O–H groups in total. The maximum absolute atomic E-state index is 13.9. The van der Waals surface area contributed by atoms with Gasteiger partial charge in [-0.3, -0.25) is 9.78 Å². The molecule has 2 aromatic heterocycles. The lowest BCUT2D eigenvalue weighted by Gasteiger charge is -2.27. The molecule has 3 heterocycles. The van der Waals surface area contributed by atoms with E-state index in [9.17, 15) is 19.4 Å². The number of hydrogen-bond donors (Lipinski definition) is 2. The molecule has 5 rings (SSSR count). The molecule has 9 heteroatoms. The number of Topliss-reactive ketones (excluding diaryl/α,β-unsaturated/α-hetero) is 1. The summed E-state index contributed by atoms with van der Waals surface area (Å²) in [4.78, 5) is 22.2. The zero-order valence-electron chi connectivity index (χ0n) is 21.8. The molecule has 39 heavy (non-hydrogen) atoms. The molecule has 0 radical (unpaired) electrons. The van der Waals surface area contributed by atoms with Crippen LogP contribution < -0.4 is 9.47 Å². The molecule has 0 aliphatic carbocycles. The molecule has 0 saturated carbocycles. The van der Waals surface area contributed by atoms with Crippen molar-refractivity contribution in [1.82, 2.24) is 9.97 Å². The van der Waals surface area contributed by atoms with Gasteiger partial charge in [0.2, 0.25) is 0 Å². The minimum Gasteiger partial charge on any atom is -0.494 e. The minimum absolute atomic E-state index is 0.0671. The van der Waals surface area contributed by atoms with E-state index in [4.69, 9.17) is 21.1 Å². The summed E-state index contributed by atoms with van der Waals surface area (Å²) >= 11 is 6.05. The third-order valence-electron chi connectivity index (χ3n) is 7.19. The summed E-state index contributed by atoms with van der Waals surface area (Å²) in [5, 5.41) is 22.6. The van der Waals surface area contributed by atoms with E-state index in [-0.39, 0.29) is 29.3 Å². The molecule has 4 aromatic rings. The first-order chi connectivity index (χ1) is 18.6. The number of pyridine rings is 2. The van der Waals surface area contributed by atoms with Crippen molar-refractivity contribution in [3.8, 4) is 22.8 Å². The third-order valence-corrected chi connectivity index (χ3v) is 7.48. The number of carbonyl (C=O) groups is 1. The Morgan fingerprint density at radius 2 is 2.03 bits per heavy atom. The highest BCUT2D eigenvalue weighted by molar-refractivity contribution is 6.31. The molecule has 1 aliphatic rings. The smallest absolute Gasteiger partial charge is 0.163 e. The van der Waals surface area contributed by atoms with E-state index in [0.29, 0.717) is 40.4 Å². The maximum atomic E-state index is 13.9. The van der Waals surface area contributed by atoms with E-state index >= 15 is 0 Å². The van der Waals surface area contributed by atoms with Gasteiger partial charge in [0, 0.05) is 40.1 Å². The molecule has 1 unspecified atom stereocenters. The Morgan fingerprint density at radius 1 is 1.23 bits per heavy atom. The Morgan fingerprint density at radius 3 is 2.74 bits per heavy atom. The van der Waals surface area contributed by atoms with Gasteiger partial charge in [0.25, 0.3) is 0 Å². The van der Waals surface area contributed by atoms with Gasteiger partial charge in [0.1, 0.15) is 34.1 Å². The molecule has 0 amide bonds. The number of fused-ring (bicyclic) bond motifs is 2. The minimum atomic E-state index is -1.83. The van der Waals surface area contributed by atoms with Crippen LogP contribution in [0.25, 0.3) is 22.2 Å². The standard InChI is InChI=1S/C30H28ClFN2O5/c1-29(2)16-39-28-20(29)14-25(34-27(28)18-6-7-22(32)21(31)12-18)30(37,15-35)9-8-23(36)19-11-17-5-4-10-33-26(17)24(13-19)38-3/h4-7,10-14,35,37H,8-9,15-16H2,1-3H3. The summed E-state index contributed by atoms with van der Waals surface area (Å²) in [5.41, 5.74) is 0.664. The molecule has 0 fully saturated rings. The van der Waals surface area contributed by atoms with Gasteiger partial charge >= 0.3 is 0 Å². The number of benzene rings is 2. The molecule has 0 spiro atoms. The number of nitrogens with zero attached hydrogens (tertiary/aromatic N) is 2. The van der Waals surface area contributed by atoms with E-state index in [0.717, 1.165) is 10.9 Å². The summed E-state index contributed by atoms with van der Waals surface area (Å²) in [6.45, 7) is 3.70. The van der Waals surface area contributed by atoms with Crippen LogP contribution in [-0.2, 0) is 11.0 Å². The molecule has 0 bridgehead atoms. The largest absolute Gasteiger partial charge is 0.494 e. The van der Waals surface area contributed by atoms with Crippen LogP contribution in [0.1, 0.15) is 48.3 Å². The van der Waals surface area contributed by atoms with Crippen LogP contribution in [0.2, 0.25) is 5.02 Å². The Bertz CT molecular complexity index is 1590. The number of ketones is 1. The van der Waals surface area contributed by atoms with E-state index in [1.807, 2.05) is 19.9 Å². The second-order valence-electron chi connectivity index (χ2n) is 10.4. The summed E-state index contributed by atoms with van der Waals surface area (Å²) < 4.78 is 25.3. The molecular weight excluding hydrogens is 523 g/mol. The predicted molar refractivity (Wildman–Crippen MR) is 146 cm³/mol. The quantitative estimate of drug-likeness (QED) is 0.275. The van der Waals surface area contributed by atoms with Crippen molar-refractivity contribution in [1.29, 1.82) is 0 Å². The number of carbonyl (C=O) groups excluding carboxylic acids is 1. The lowest BCUT2D eigenvalue weighted by Crippen LogP contribution is -2.33. The van der Waals surface area contributed by atoms with Gasteiger partial charge in [-0.25, -0.2) is 9.37 Å². The number of methoxy groups -OCH3 is 1. The number of halogens is 2. The van der Waals surface area contributed by atoms with Crippen LogP contribution >= 0.6 is 11.6 Å². The summed E-state index contributed by atoms with van der Waals surface area (Å²) in [6.07, 6.45) is 1.49. The fraction of sp³-hybridized carbons (Fsp3) is 0.300. The second kappa shape index (κ2) is 10.2. The van der Waals surface area contributed by atoms with Crippen molar-refractivity contribution in [3.63, 3.8) is 0 Å². The van der Waals surface area contributed by atoms with E-state index in [1.165, 1.54) is 25.3 Å². The number of hydrogen-bond acceptors (Lipinski definition) is 7. The molecule has 0 saturated heterocycles. The summed E-state index contributed by atoms with van der Waals surface area (Å²) in [5.74, 6) is 0.181. The first-order valence-corrected chi connectivity index (χ1v) is 12.9. The zero-order valence-corrected chi connectivity index (χ0v) is 22.6. The fourth-order valence-electron chi connectivity index (χ4n) is 4.82. The van der Waals surface area contributed by atoms with Crippen molar-refractivity contribution in [2.45, 2.75) is 37.7 Å². The number of aliphatic hydroxyl groups excluding tert-OH is 1. The second-order valence-corrected chi connectivity index (χ2v) is 10.8. The van der Waals surface area contributed by atoms with Crippen LogP contribution in [0.3, 0.4) is 0 Å². The van der Waals surface area contributed by atoms with Crippen LogP contribution in [0.5, 0.6) is 11.5 Å². The Balaban J connectivity index is 1.51. The SMILES string of the molecule is COc1cc(C(=O)CCC(O)(CO)c2cc3c(c(-c4ccc(F)c(Cl)c4)n2)OCC3(C)C)cc2cccnc12. The topological polar surface area (TPSA) is 102 Å². The maximum Gasteiger partial charge on any atom is 0.163 e. The summed E-state index contributed by atoms with van der Waals surface area (Å²) in [6, 6.07) is 12.9. The monoisotopic (exact) mass is 550 g/mol. The van der Waals surface area contributed by atoms with E-state index in [2.05, 4.69) is 9.97 Å². The highest BCUT2D eigenvalue weighted by atomic mass is 35.5. The zero-order chi connectivity index (χ0) is 27.9. The Labute approximate surface area is 230 Å². The highest BCUT2D eigenvalue weighted by Crippen LogP contribution is 2.46. The van der Waals surface area contributed by atoms with E-state index < -0.39 is 23.4 Å². The molecule has 1 atom stereocenters. The van der Waals surface area contributed by atoms with Crippen LogP contribution in [0.15, 0.2) is 54.7 Å². The predicted octanol–water partition coefficient (Wildman–Crippen LogP) is 5.61. The van der Waals surface area contributed by atoms with Gasteiger partial charge in [-0.2, -0.15) is 0 Å². The first-order valence-electron chi connectivity index (χ1n) is 12.5. The Kier molecular flexibility index (Phi) is 7.05. The Hall–Kier alpha value is -3.59. The van der Waals surface area contributed by atoms with Crippen LogP contribution in [0, 0.1) is 5.82 Å². The average molecular weight is 551 g/mol. The summed E-state index contributed by atoms with van der Waals surface area (Å²) in [7, 11) is 1.51. The third kappa shape index (κ3) is 4.95. The molecule has 7 nitrogen and oxygen atoms in total. The number of rotatable bonds is 8. The lowest BCUT2D eigenvalue weighted by atomic mass is 9.83. The van der Waals surface area contributed by atoms with E-state index in [1.54, 1.807) is 30.5 Å². The first kappa shape index (κ1) is 27.0. The van der Waals surface area contributed by atoms with Gasteiger partial charge in [-0.1, -0.05) is 31.5 Å². The van der Waals surface area contributed by atoms with Crippen LogP contribution in [0.4, 0.5) is 4.39 Å². The number of aromatic nitrogens is 2. The highest BCUT2D eigenvalue weighted by Gasteiger charge is 2.39. The van der Waals surface area contributed by atoms with Gasteiger partial charge in [0.05, 0.1) is 31.0 Å². The van der Waals surface area contributed by atoms with Crippen molar-refractivity contribution < 1.29 is 28.9 Å². The molecule has 202 valence electrons. The average Bonchev–Trinajstić information content (AvgIpc) is 3.26. The van der Waals surface area contributed by atoms with Crippen molar-refractivity contribution in [2.24, 2.45) is 0 Å². The molecule has 2 aromatic carbocycles. The van der Waals surface area contributed by atoms with Gasteiger partial charge in [-0.15, -0.1) is 0 Å². The van der Waals surface area contributed by atoms with Crippen molar-refractivity contribution in [3.05, 3.63) is 82.4 Å². The normalized spacial score (nSPS) is 15.5. The number of ether oxygens (including phenoxy) is 2. The van der Waals surface area contributed by atoms with Crippen molar-refractivity contribution >= 4 is 28.3 Å². The fourth-order valence-corrected chi connectivity index (χ4v) is 5.00. The molecule has 1 aliphatic heterocycles. The van der Waals surface area contributed by atoms with Gasteiger partial charge in [0.15, 0.2) is 5.78 Å².